The zero-order chi connectivity index (χ0) is 15.7. The largest absolute Gasteiger partial charge is 0.394 e. The number of ketones is 1. The van der Waals surface area contributed by atoms with Crippen LogP contribution in [0.15, 0.2) is 24.3 Å². The highest BCUT2D eigenvalue weighted by Crippen LogP contribution is 2.61. The zero-order valence-electron chi connectivity index (χ0n) is 13.4. The van der Waals surface area contributed by atoms with Crippen molar-refractivity contribution in [2.45, 2.75) is 49.6 Å². The lowest BCUT2D eigenvalue weighted by Crippen LogP contribution is -2.66. The summed E-state index contributed by atoms with van der Waals surface area (Å²) in [4.78, 5) is 15.8. The van der Waals surface area contributed by atoms with Gasteiger partial charge in [-0.2, -0.15) is 0 Å². The number of aliphatic hydroxyl groups excluding tert-OH is 1. The Kier molecular flexibility index (Phi) is 2.79. The van der Waals surface area contributed by atoms with Crippen LogP contribution in [0.25, 0.3) is 0 Å². The number of para-hydroxylation sites is 1. The molecule has 122 valence electrons. The Hall–Kier alpha value is -1.39. The van der Waals surface area contributed by atoms with Gasteiger partial charge in [0.2, 0.25) is 0 Å². The number of piperidine rings is 1. The van der Waals surface area contributed by atoms with E-state index in [1.807, 2.05) is 6.07 Å². The summed E-state index contributed by atoms with van der Waals surface area (Å²) in [6.07, 6.45) is 4.82. The van der Waals surface area contributed by atoms with Crippen molar-refractivity contribution < 1.29 is 9.90 Å². The molecule has 1 aliphatic carbocycles. The van der Waals surface area contributed by atoms with E-state index in [9.17, 15) is 9.90 Å². The number of hydrogen-bond donors (Lipinski definition) is 2. The Morgan fingerprint density at radius 1 is 1.22 bits per heavy atom. The minimum atomic E-state index is -0.355. The standard InChI is InChI=1S/C19H24N2O2/c22-12-15-18-7-3-10-21-11-9-19(17(18)21,16(23)6-8-18)13-4-1-2-5-14(13)20-15/h1-2,4-5,15,17,20,22H,3,6-12H2/t15-,17-,18-,19-/m0/s1. The molecule has 5 rings (SSSR count). The minimum Gasteiger partial charge on any atom is -0.394 e. The topological polar surface area (TPSA) is 52.6 Å². The second-order valence-electron chi connectivity index (χ2n) is 7.84. The van der Waals surface area contributed by atoms with Gasteiger partial charge in [0.1, 0.15) is 5.78 Å². The molecule has 0 radical (unpaired) electrons. The van der Waals surface area contributed by atoms with E-state index >= 15 is 0 Å². The summed E-state index contributed by atoms with van der Waals surface area (Å²) in [5.74, 6) is 0.426. The van der Waals surface area contributed by atoms with E-state index in [1.54, 1.807) is 0 Å². The maximum absolute atomic E-state index is 13.2. The van der Waals surface area contributed by atoms with Crippen LogP contribution < -0.4 is 5.32 Å². The summed E-state index contributed by atoms with van der Waals surface area (Å²) < 4.78 is 0. The fourth-order valence-electron chi connectivity index (χ4n) is 6.39. The van der Waals surface area contributed by atoms with Crippen LogP contribution in [0.3, 0.4) is 0 Å². The fraction of sp³-hybridized carbons (Fsp3) is 0.632. The van der Waals surface area contributed by atoms with E-state index in [-0.39, 0.29) is 29.5 Å². The molecule has 4 heteroatoms. The lowest BCUT2D eigenvalue weighted by Gasteiger charge is -2.57. The first-order valence-electron chi connectivity index (χ1n) is 8.97. The van der Waals surface area contributed by atoms with Crippen LogP contribution in [-0.4, -0.2) is 47.6 Å². The Labute approximate surface area is 136 Å². The normalized spacial score (nSPS) is 41.7. The van der Waals surface area contributed by atoms with Crippen molar-refractivity contribution in [3.63, 3.8) is 0 Å². The molecule has 2 saturated heterocycles. The quantitative estimate of drug-likeness (QED) is 0.832. The van der Waals surface area contributed by atoms with Gasteiger partial charge in [-0.3, -0.25) is 9.69 Å². The van der Waals surface area contributed by atoms with Gasteiger partial charge in [0, 0.05) is 23.6 Å². The van der Waals surface area contributed by atoms with Crippen LogP contribution in [0, 0.1) is 5.41 Å². The molecule has 3 fully saturated rings. The van der Waals surface area contributed by atoms with Crippen LogP contribution in [0.5, 0.6) is 0 Å². The number of nitrogens with one attached hydrogen (secondary N) is 1. The second-order valence-corrected chi connectivity index (χ2v) is 7.84. The molecular weight excluding hydrogens is 288 g/mol. The summed E-state index contributed by atoms with van der Waals surface area (Å²) in [6.45, 7) is 2.26. The number of anilines is 1. The SMILES string of the molecule is O=C1CC[C@@]23CCCN4CC[C@@]1(c1ccccc1N[C@H]2CO)[C@@H]43. The third-order valence-electron chi connectivity index (χ3n) is 7.19. The van der Waals surface area contributed by atoms with Gasteiger partial charge < -0.3 is 10.4 Å². The van der Waals surface area contributed by atoms with E-state index in [1.165, 1.54) is 12.0 Å². The summed E-state index contributed by atoms with van der Waals surface area (Å²) >= 11 is 0. The number of hydrogen-bond acceptors (Lipinski definition) is 4. The average molecular weight is 312 g/mol. The number of aliphatic hydroxyl groups is 1. The fourth-order valence-corrected chi connectivity index (χ4v) is 6.39. The van der Waals surface area contributed by atoms with E-state index < -0.39 is 0 Å². The first-order chi connectivity index (χ1) is 11.2. The number of carbonyl (C=O) groups is 1. The number of Topliss-reactive ketones (excluding diaryl/α,β-unsaturated/α-hetero) is 1. The summed E-state index contributed by atoms with van der Waals surface area (Å²) in [6, 6.07) is 8.64. The lowest BCUT2D eigenvalue weighted by atomic mass is 9.52. The van der Waals surface area contributed by atoms with Gasteiger partial charge in [-0.1, -0.05) is 18.2 Å². The Morgan fingerprint density at radius 2 is 2.09 bits per heavy atom. The van der Waals surface area contributed by atoms with Gasteiger partial charge in [0.15, 0.2) is 0 Å². The Balaban J connectivity index is 1.82. The highest BCUT2D eigenvalue weighted by molar-refractivity contribution is 5.95. The van der Waals surface area contributed by atoms with Crippen LogP contribution in [0.2, 0.25) is 0 Å². The van der Waals surface area contributed by atoms with Crippen LogP contribution in [-0.2, 0) is 10.2 Å². The minimum absolute atomic E-state index is 0.0242. The molecule has 2 N–H and O–H groups in total. The van der Waals surface area contributed by atoms with Gasteiger partial charge in [-0.15, -0.1) is 0 Å². The van der Waals surface area contributed by atoms with Crippen molar-refractivity contribution in [2.24, 2.45) is 5.41 Å². The number of fused-ring (bicyclic) bond motifs is 1. The van der Waals surface area contributed by atoms with Gasteiger partial charge in [-0.25, -0.2) is 0 Å². The van der Waals surface area contributed by atoms with Crippen molar-refractivity contribution in [1.29, 1.82) is 0 Å². The van der Waals surface area contributed by atoms with Crippen molar-refractivity contribution in [3.8, 4) is 0 Å². The second kappa shape index (κ2) is 4.58. The first-order valence-corrected chi connectivity index (χ1v) is 8.97. The highest BCUT2D eigenvalue weighted by Gasteiger charge is 2.68. The number of rotatable bonds is 1. The predicted octanol–water partition coefficient (Wildman–Crippen LogP) is 1.93. The molecule has 2 bridgehead atoms. The Morgan fingerprint density at radius 3 is 2.96 bits per heavy atom. The van der Waals surface area contributed by atoms with E-state index in [4.69, 9.17) is 0 Å². The van der Waals surface area contributed by atoms with Crippen molar-refractivity contribution in [3.05, 3.63) is 29.8 Å². The molecular formula is C19H24N2O2. The molecule has 0 aromatic heterocycles. The molecule has 4 atom stereocenters. The molecule has 1 aromatic rings. The summed E-state index contributed by atoms with van der Waals surface area (Å²) in [7, 11) is 0. The summed E-state index contributed by atoms with van der Waals surface area (Å²) in [5, 5.41) is 13.8. The number of carbonyl (C=O) groups excluding carboxylic acids is 1. The van der Waals surface area contributed by atoms with Crippen molar-refractivity contribution in [2.75, 3.05) is 25.0 Å². The highest BCUT2D eigenvalue weighted by atomic mass is 16.3. The third kappa shape index (κ3) is 1.52. The predicted molar refractivity (Wildman–Crippen MR) is 88.5 cm³/mol. The molecule has 0 spiro atoms. The smallest absolute Gasteiger partial charge is 0.145 e. The molecule has 4 nitrogen and oxygen atoms in total. The maximum Gasteiger partial charge on any atom is 0.145 e. The van der Waals surface area contributed by atoms with Crippen LogP contribution in [0.4, 0.5) is 5.69 Å². The monoisotopic (exact) mass is 312 g/mol. The molecule has 0 amide bonds. The number of benzene rings is 1. The van der Waals surface area contributed by atoms with Crippen LogP contribution >= 0.6 is 0 Å². The molecule has 4 aliphatic rings. The zero-order valence-corrected chi connectivity index (χ0v) is 13.4. The summed E-state index contributed by atoms with van der Waals surface area (Å²) in [5.41, 5.74) is 1.92. The van der Waals surface area contributed by atoms with E-state index in [0.29, 0.717) is 12.2 Å². The third-order valence-corrected chi connectivity index (χ3v) is 7.19. The van der Waals surface area contributed by atoms with Crippen molar-refractivity contribution >= 4 is 11.5 Å². The van der Waals surface area contributed by atoms with Gasteiger partial charge in [0.05, 0.1) is 18.1 Å². The number of nitrogens with zero attached hydrogens (tertiary/aromatic N) is 1. The van der Waals surface area contributed by atoms with Crippen molar-refractivity contribution in [1.82, 2.24) is 4.90 Å². The van der Waals surface area contributed by atoms with Crippen LogP contribution in [0.1, 0.15) is 37.7 Å². The van der Waals surface area contributed by atoms with Gasteiger partial charge >= 0.3 is 0 Å². The lowest BCUT2D eigenvalue weighted by molar-refractivity contribution is -0.136. The van der Waals surface area contributed by atoms with Gasteiger partial charge in [0.25, 0.3) is 0 Å². The maximum atomic E-state index is 13.2. The van der Waals surface area contributed by atoms with Gasteiger partial charge in [-0.05, 0) is 50.4 Å². The molecule has 1 saturated carbocycles. The average Bonchev–Trinajstić information content (AvgIpc) is 2.96. The molecule has 3 aliphatic heterocycles. The van der Waals surface area contributed by atoms with E-state index in [0.717, 1.165) is 38.0 Å². The van der Waals surface area contributed by atoms with E-state index in [2.05, 4.69) is 28.4 Å². The molecule has 3 heterocycles. The molecule has 0 unspecified atom stereocenters. The Bertz CT molecular complexity index is 675. The molecule has 23 heavy (non-hydrogen) atoms. The molecule has 1 aromatic carbocycles. The first kappa shape index (κ1) is 14.0.